The minimum Gasteiger partial charge on any atom is -0.506 e. The van der Waals surface area contributed by atoms with Crippen molar-refractivity contribution in [2.24, 2.45) is 0 Å². The molecule has 0 fully saturated rings. The van der Waals surface area contributed by atoms with E-state index < -0.39 is 0 Å². The summed E-state index contributed by atoms with van der Waals surface area (Å²) in [6, 6.07) is 7.56. The first-order chi connectivity index (χ1) is 7.81. The SMILES string of the molecule is O=Cc1ncc(O)c2c1[nH]c1ccccc12. The molecule has 2 N–H and O–H groups in total. The van der Waals surface area contributed by atoms with Gasteiger partial charge in [0, 0.05) is 10.9 Å². The molecule has 78 valence electrons. The minimum absolute atomic E-state index is 0.0815. The zero-order chi connectivity index (χ0) is 11.1. The van der Waals surface area contributed by atoms with Gasteiger partial charge in [0.1, 0.15) is 11.4 Å². The molecule has 0 saturated heterocycles. The van der Waals surface area contributed by atoms with Crippen molar-refractivity contribution in [2.75, 3.05) is 0 Å². The predicted octanol–water partition coefficient (Wildman–Crippen LogP) is 2.23. The third-order valence-electron chi connectivity index (χ3n) is 2.66. The van der Waals surface area contributed by atoms with Crippen molar-refractivity contribution >= 4 is 28.1 Å². The van der Waals surface area contributed by atoms with Gasteiger partial charge in [0.25, 0.3) is 0 Å². The number of hydrogen-bond acceptors (Lipinski definition) is 3. The highest BCUT2D eigenvalue weighted by Crippen LogP contribution is 2.32. The van der Waals surface area contributed by atoms with E-state index in [1.165, 1.54) is 6.20 Å². The van der Waals surface area contributed by atoms with Crippen LogP contribution in [0.3, 0.4) is 0 Å². The summed E-state index contributed by atoms with van der Waals surface area (Å²) >= 11 is 0. The number of hydrogen-bond donors (Lipinski definition) is 2. The minimum atomic E-state index is 0.0815. The van der Waals surface area contributed by atoms with E-state index in [-0.39, 0.29) is 5.75 Å². The molecule has 0 aliphatic heterocycles. The van der Waals surface area contributed by atoms with Gasteiger partial charge in [-0.25, -0.2) is 4.98 Å². The van der Waals surface area contributed by atoms with Crippen molar-refractivity contribution in [2.45, 2.75) is 0 Å². The number of fused-ring (bicyclic) bond motifs is 3. The van der Waals surface area contributed by atoms with E-state index in [4.69, 9.17) is 0 Å². The lowest BCUT2D eigenvalue weighted by Gasteiger charge is -1.96. The summed E-state index contributed by atoms with van der Waals surface area (Å²) in [7, 11) is 0. The highest BCUT2D eigenvalue weighted by Gasteiger charge is 2.12. The normalized spacial score (nSPS) is 11.0. The van der Waals surface area contributed by atoms with Crippen LogP contribution in [0, 0.1) is 0 Å². The van der Waals surface area contributed by atoms with Gasteiger partial charge in [0.05, 0.1) is 17.1 Å². The Hall–Kier alpha value is -2.36. The number of nitrogens with one attached hydrogen (secondary N) is 1. The maximum Gasteiger partial charge on any atom is 0.170 e. The third-order valence-corrected chi connectivity index (χ3v) is 2.66. The largest absolute Gasteiger partial charge is 0.506 e. The van der Waals surface area contributed by atoms with Gasteiger partial charge in [0.15, 0.2) is 6.29 Å². The number of rotatable bonds is 1. The summed E-state index contributed by atoms with van der Waals surface area (Å²) in [6.45, 7) is 0. The fourth-order valence-corrected chi connectivity index (χ4v) is 1.95. The van der Waals surface area contributed by atoms with Crippen LogP contribution in [0.25, 0.3) is 21.8 Å². The number of carbonyl (C=O) groups is 1. The summed E-state index contributed by atoms with van der Waals surface area (Å²) in [5.41, 5.74) is 1.77. The standard InChI is InChI=1S/C12H8N2O2/c15-6-9-12-11(10(16)5-13-9)7-3-1-2-4-8(7)14-12/h1-6,14,16H. The molecule has 4 heteroatoms. The average molecular weight is 212 g/mol. The summed E-state index contributed by atoms with van der Waals surface area (Å²) < 4.78 is 0. The number of carbonyl (C=O) groups excluding carboxylic acids is 1. The molecule has 0 amide bonds. The van der Waals surface area contributed by atoms with Crippen LogP contribution in [-0.2, 0) is 0 Å². The van der Waals surface area contributed by atoms with Crippen molar-refractivity contribution in [1.29, 1.82) is 0 Å². The lowest BCUT2D eigenvalue weighted by atomic mass is 10.1. The van der Waals surface area contributed by atoms with E-state index in [9.17, 15) is 9.90 Å². The van der Waals surface area contributed by atoms with E-state index in [0.717, 1.165) is 10.9 Å². The highest BCUT2D eigenvalue weighted by atomic mass is 16.3. The number of pyridine rings is 1. The Morgan fingerprint density at radius 1 is 1.31 bits per heavy atom. The third kappa shape index (κ3) is 1.04. The van der Waals surface area contributed by atoms with E-state index in [0.29, 0.717) is 22.9 Å². The zero-order valence-corrected chi connectivity index (χ0v) is 8.27. The molecule has 2 aromatic heterocycles. The molecule has 0 aliphatic rings. The first-order valence-electron chi connectivity index (χ1n) is 4.85. The topological polar surface area (TPSA) is 66.0 Å². The molecule has 0 unspecified atom stereocenters. The Morgan fingerprint density at radius 2 is 2.12 bits per heavy atom. The number of aromatic amines is 1. The van der Waals surface area contributed by atoms with Gasteiger partial charge in [-0.15, -0.1) is 0 Å². The number of H-pyrrole nitrogens is 1. The van der Waals surface area contributed by atoms with E-state index in [1.807, 2.05) is 24.3 Å². The molecule has 0 bridgehead atoms. The van der Waals surface area contributed by atoms with Gasteiger partial charge < -0.3 is 10.1 Å². The second-order valence-corrected chi connectivity index (χ2v) is 3.57. The van der Waals surface area contributed by atoms with E-state index in [2.05, 4.69) is 9.97 Å². The molecule has 0 aliphatic carbocycles. The lowest BCUT2D eigenvalue weighted by molar-refractivity contribution is 0.112. The summed E-state index contributed by atoms with van der Waals surface area (Å²) in [6.07, 6.45) is 1.98. The zero-order valence-electron chi connectivity index (χ0n) is 8.27. The van der Waals surface area contributed by atoms with Crippen LogP contribution in [0.2, 0.25) is 0 Å². The van der Waals surface area contributed by atoms with Crippen LogP contribution < -0.4 is 0 Å². The lowest BCUT2D eigenvalue weighted by Crippen LogP contribution is -1.87. The Labute approximate surface area is 90.5 Å². The molecule has 2 heterocycles. The number of para-hydroxylation sites is 1. The van der Waals surface area contributed by atoms with E-state index in [1.54, 1.807) is 0 Å². The molecular formula is C12H8N2O2. The molecule has 0 atom stereocenters. The number of aromatic hydroxyl groups is 1. The van der Waals surface area contributed by atoms with Crippen molar-refractivity contribution < 1.29 is 9.90 Å². The Morgan fingerprint density at radius 3 is 2.94 bits per heavy atom. The molecule has 1 aromatic carbocycles. The average Bonchev–Trinajstić information content (AvgIpc) is 2.69. The number of aldehydes is 1. The molecular weight excluding hydrogens is 204 g/mol. The first kappa shape index (κ1) is 8.91. The smallest absolute Gasteiger partial charge is 0.170 e. The highest BCUT2D eigenvalue weighted by molar-refractivity contribution is 6.13. The molecule has 0 saturated carbocycles. The van der Waals surface area contributed by atoms with Crippen LogP contribution in [0.5, 0.6) is 5.75 Å². The van der Waals surface area contributed by atoms with Gasteiger partial charge in [-0.3, -0.25) is 4.79 Å². The predicted molar refractivity (Wildman–Crippen MR) is 60.7 cm³/mol. The van der Waals surface area contributed by atoms with Gasteiger partial charge in [-0.1, -0.05) is 18.2 Å². The molecule has 3 aromatic rings. The van der Waals surface area contributed by atoms with Gasteiger partial charge in [0.2, 0.25) is 0 Å². The summed E-state index contributed by atoms with van der Waals surface area (Å²) in [5.74, 6) is 0.0815. The molecule has 0 spiro atoms. The Balaban J connectivity index is 2.62. The Bertz CT molecular complexity index is 701. The van der Waals surface area contributed by atoms with Crippen LogP contribution in [0.15, 0.2) is 30.5 Å². The fourth-order valence-electron chi connectivity index (χ4n) is 1.95. The van der Waals surface area contributed by atoms with Crippen molar-refractivity contribution in [3.8, 4) is 5.75 Å². The van der Waals surface area contributed by atoms with Crippen LogP contribution in [-0.4, -0.2) is 21.4 Å². The first-order valence-corrected chi connectivity index (χ1v) is 4.85. The quantitative estimate of drug-likeness (QED) is 0.608. The molecule has 16 heavy (non-hydrogen) atoms. The number of benzene rings is 1. The summed E-state index contributed by atoms with van der Waals surface area (Å²) in [5, 5.41) is 11.3. The molecule has 4 nitrogen and oxygen atoms in total. The Kier molecular flexibility index (Phi) is 1.71. The van der Waals surface area contributed by atoms with Gasteiger partial charge >= 0.3 is 0 Å². The van der Waals surface area contributed by atoms with Gasteiger partial charge in [-0.2, -0.15) is 0 Å². The van der Waals surface area contributed by atoms with Crippen LogP contribution in [0.1, 0.15) is 10.5 Å². The van der Waals surface area contributed by atoms with Crippen LogP contribution in [0.4, 0.5) is 0 Å². The summed E-state index contributed by atoms with van der Waals surface area (Å²) in [4.78, 5) is 17.8. The van der Waals surface area contributed by atoms with Crippen molar-refractivity contribution in [3.63, 3.8) is 0 Å². The second kappa shape index (κ2) is 3.06. The maximum atomic E-state index is 10.8. The van der Waals surface area contributed by atoms with Crippen molar-refractivity contribution in [1.82, 2.24) is 9.97 Å². The number of aromatic nitrogens is 2. The number of nitrogens with zero attached hydrogens (tertiary/aromatic N) is 1. The molecule has 0 radical (unpaired) electrons. The van der Waals surface area contributed by atoms with Crippen molar-refractivity contribution in [3.05, 3.63) is 36.2 Å². The van der Waals surface area contributed by atoms with Gasteiger partial charge in [-0.05, 0) is 6.07 Å². The van der Waals surface area contributed by atoms with Crippen LogP contribution >= 0.6 is 0 Å². The monoisotopic (exact) mass is 212 g/mol. The second-order valence-electron chi connectivity index (χ2n) is 3.57. The molecule has 3 rings (SSSR count). The fraction of sp³-hybridized carbons (Fsp3) is 0. The van der Waals surface area contributed by atoms with E-state index >= 15 is 0 Å². The maximum absolute atomic E-state index is 10.8.